The van der Waals surface area contributed by atoms with Gasteiger partial charge in [-0.15, -0.1) is 0 Å². The van der Waals surface area contributed by atoms with Gasteiger partial charge in [-0.1, -0.05) is 33.8 Å². The fourth-order valence-corrected chi connectivity index (χ4v) is 0.946. The molecule has 2 aromatic rings. The predicted octanol–water partition coefficient (Wildman–Crippen LogP) is 4.25. The smallest absolute Gasteiger partial charge is 0.119 e. The van der Waals surface area contributed by atoms with Crippen molar-refractivity contribution in [1.82, 2.24) is 0 Å². The zero-order valence-electron chi connectivity index (χ0n) is 12.4. The Morgan fingerprint density at radius 3 is 1.00 bits per heavy atom. The Hall–Kier alpha value is -2.36. The molecule has 0 spiro atoms. The first-order valence-electron chi connectivity index (χ1n) is 6.54. The minimum Gasteiger partial charge on any atom is -0.508 e. The van der Waals surface area contributed by atoms with Crippen LogP contribution in [-0.4, -0.2) is 20.4 Å². The molecule has 0 unspecified atom stereocenters. The van der Waals surface area contributed by atoms with Crippen LogP contribution in [0.3, 0.4) is 0 Å². The van der Waals surface area contributed by atoms with Gasteiger partial charge in [0.15, 0.2) is 0 Å². The van der Waals surface area contributed by atoms with E-state index in [0.29, 0.717) is 0 Å². The van der Waals surface area contributed by atoms with Crippen LogP contribution >= 0.6 is 0 Å². The van der Waals surface area contributed by atoms with E-state index in [1.54, 1.807) is 6.07 Å². The predicted molar refractivity (Wildman–Crippen MR) is 82.2 cm³/mol. The maximum Gasteiger partial charge on any atom is 0.119 e. The lowest BCUT2D eigenvalue weighted by molar-refractivity contribution is 0.450. The molecule has 0 fully saturated rings. The van der Waals surface area contributed by atoms with Crippen molar-refractivity contribution >= 4 is 0 Å². The van der Waals surface area contributed by atoms with Gasteiger partial charge >= 0.3 is 0 Å². The van der Waals surface area contributed by atoms with Crippen LogP contribution < -0.4 is 0 Å². The molecular formula is C16H24O4. The standard InChI is InChI=1S/2C6H6O2.2C2H6/c7-5-1-2-6(8)4-3-5;7-5-2-1-3-6(8)4-5;2*1-2/h2*1-4,7-8H;2*1-2H3. The van der Waals surface area contributed by atoms with Gasteiger partial charge < -0.3 is 20.4 Å². The highest BCUT2D eigenvalue weighted by molar-refractivity contribution is 5.30. The first kappa shape index (κ1) is 20.0. The third-order valence-corrected chi connectivity index (χ3v) is 1.68. The van der Waals surface area contributed by atoms with Crippen molar-refractivity contribution < 1.29 is 20.4 Å². The molecular weight excluding hydrogens is 256 g/mol. The van der Waals surface area contributed by atoms with Crippen LogP contribution in [0.1, 0.15) is 27.7 Å². The molecule has 0 aliphatic rings. The van der Waals surface area contributed by atoms with Gasteiger partial charge in [-0.25, -0.2) is 0 Å². The maximum atomic E-state index is 8.65. The van der Waals surface area contributed by atoms with Crippen molar-refractivity contribution in [2.24, 2.45) is 0 Å². The Balaban J connectivity index is 0. The van der Waals surface area contributed by atoms with Crippen molar-refractivity contribution in [3.8, 4) is 23.0 Å². The van der Waals surface area contributed by atoms with Crippen LogP contribution in [0, 0.1) is 0 Å². The van der Waals surface area contributed by atoms with E-state index in [1.807, 2.05) is 27.7 Å². The summed E-state index contributed by atoms with van der Waals surface area (Å²) in [6.45, 7) is 8.00. The fraction of sp³-hybridized carbons (Fsp3) is 0.250. The van der Waals surface area contributed by atoms with E-state index in [0.717, 1.165) is 0 Å². The van der Waals surface area contributed by atoms with Crippen molar-refractivity contribution in [2.45, 2.75) is 27.7 Å². The number of phenolic OH excluding ortho intramolecular Hbond substituents is 4. The van der Waals surface area contributed by atoms with E-state index in [9.17, 15) is 0 Å². The molecule has 0 bridgehead atoms. The molecule has 4 N–H and O–H groups in total. The summed E-state index contributed by atoms with van der Waals surface area (Å²) < 4.78 is 0. The molecule has 2 aromatic carbocycles. The molecule has 0 radical (unpaired) electrons. The van der Waals surface area contributed by atoms with E-state index >= 15 is 0 Å². The summed E-state index contributed by atoms with van der Waals surface area (Å²) >= 11 is 0. The molecule has 0 aromatic heterocycles. The van der Waals surface area contributed by atoms with Crippen LogP contribution in [0.25, 0.3) is 0 Å². The van der Waals surface area contributed by atoms with E-state index in [2.05, 4.69) is 0 Å². The lowest BCUT2D eigenvalue weighted by Crippen LogP contribution is -1.61. The molecule has 0 atom stereocenters. The SMILES string of the molecule is CC.CC.Oc1ccc(O)cc1.Oc1cccc(O)c1. The number of benzene rings is 2. The molecule has 0 amide bonds. The largest absolute Gasteiger partial charge is 0.508 e. The van der Waals surface area contributed by atoms with Gasteiger partial charge in [0.1, 0.15) is 23.0 Å². The number of hydrogen-bond donors (Lipinski definition) is 4. The van der Waals surface area contributed by atoms with E-state index in [4.69, 9.17) is 20.4 Å². The maximum absolute atomic E-state index is 8.65. The van der Waals surface area contributed by atoms with Gasteiger partial charge in [0, 0.05) is 6.07 Å². The number of rotatable bonds is 0. The molecule has 112 valence electrons. The van der Waals surface area contributed by atoms with Crippen molar-refractivity contribution in [1.29, 1.82) is 0 Å². The molecule has 4 heteroatoms. The van der Waals surface area contributed by atoms with Crippen LogP contribution in [0.5, 0.6) is 23.0 Å². The van der Waals surface area contributed by atoms with Crippen LogP contribution in [0.15, 0.2) is 48.5 Å². The summed E-state index contributed by atoms with van der Waals surface area (Å²) in [4.78, 5) is 0. The lowest BCUT2D eigenvalue weighted by Gasteiger charge is -1.89. The summed E-state index contributed by atoms with van der Waals surface area (Å²) in [5, 5.41) is 34.6. The van der Waals surface area contributed by atoms with Crippen LogP contribution in [0.4, 0.5) is 0 Å². The Kier molecular flexibility index (Phi) is 13.1. The summed E-state index contributed by atoms with van der Waals surface area (Å²) in [5.74, 6) is 0.514. The monoisotopic (exact) mass is 280 g/mol. The van der Waals surface area contributed by atoms with E-state index in [1.165, 1.54) is 42.5 Å². The zero-order chi connectivity index (χ0) is 16.0. The van der Waals surface area contributed by atoms with Crippen molar-refractivity contribution in [2.75, 3.05) is 0 Å². The molecule has 0 heterocycles. The first-order valence-corrected chi connectivity index (χ1v) is 6.54. The Labute approximate surface area is 120 Å². The van der Waals surface area contributed by atoms with E-state index < -0.39 is 0 Å². The van der Waals surface area contributed by atoms with Crippen molar-refractivity contribution in [3.63, 3.8) is 0 Å². The molecule has 2 rings (SSSR count). The Morgan fingerprint density at radius 2 is 0.800 bits per heavy atom. The normalized spacial score (nSPS) is 7.80. The second-order valence-electron chi connectivity index (χ2n) is 3.04. The van der Waals surface area contributed by atoms with Gasteiger partial charge in [-0.2, -0.15) is 0 Å². The molecule has 20 heavy (non-hydrogen) atoms. The summed E-state index contributed by atoms with van der Waals surface area (Å²) in [5.41, 5.74) is 0. The Bertz CT molecular complexity index is 400. The van der Waals surface area contributed by atoms with Crippen LogP contribution in [0.2, 0.25) is 0 Å². The minimum atomic E-state index is 0.0880. The summed E-state index contributed by atoms with van der Waals surface area (Å²) in [6.07, 6.45) is 0. The third kappa shape index (κ3) is 10.8. The highest BCUT2D eigenvalue weighted by Crippen LogP contribution is 2.15. The first-order chi connectivity index (χ1) is 9.58. The number of phenols is 4. The molecule has 0 saturated heterocycles. The molecule has 0 saturated carbocycles. The van der Waals surface area contributed by atoms with Gasteiger partial charge in [0.05, 0.1) is 0 Å². The fourth-order valence-electron chi connectivity index (χ4n) is 0.946. The Morgan fingerprint density at radius 1 is 0.500 bits per heavy atom. The number of hydrogen-bond acceptors (Lipinski definition) is 4. The molecule has 4 nitrogen and oxygen atoms in total. The lowest BCUT2D eigenvalue weighted by atomic mass is 10.3. The average Bonchev–Trinajstić information content (AvgIpc) is 2.47. The van der Waals surface area contributed by atoms with Gasteiger partial charge in [0.25, 0.3) is 0 Å². The molecule has 0 aliphatic carbocycles. The minimum absolute atomic E-state index is 0.0880. The van der Waals surface area contributed by atoms with Crippen LogP contribution in [-0.2, 0) is 0 Å². The van der Waals surface area contributed by atoms with Crippen molar-refractivity contribution in [3.05, 3.63) is 48.5 Å². The average molecular weight is 280 g/mol. The molecule has 0 aliphatic heterocycles. The second-order valence-corrected chi connectivity index (χ2v) is 3.04. The summed E-state index contributed by atoms with van der Waals surface area (Å²) in [7, 11) is 0. The highest BCUT2D eigenvalue weighted by Gasteiger charge is 1.85. The zero-order valence-corrected chi connectivity index (χ0v) is 12.4. The highest BCUT2D eigenvalue weighted by atomic mass is 16.3. The van der Waals surface area contributed by atoms with E-state index in [-0.39, 0.29) is 23.0 Å². The third-order valence-electron chi connectivity index (χ3n) is 1.68. The quantitative estimate of drug-likeness (QED) is 0.544. The second kappa shape index (κ2) is 13.1. The summed E-state index contributed by atoms with van der Waals surface area (Å²) in [6, 6.07) is 11.6. The topological polar surface area (TPSA) is 80.9 Å². The van der Waals surface area contributed by atoms with Gasteiger partial charge in [0.2, 0.25) is 0 Å². The number of aromatic hydroxyl groups is 4. The van der Waals surface area contributed by atoms with Gasteiger partial charge in [-0.05, 0) is 36.4 Å². The van der Waals surface area contributed by atoms with Gasteiger partial charge in [-0.3, -0.25) is 0 Å².